The Morgan fingerprint density at radius 2 is 1.80 bits per heavy atom. The van der Waals surface area contributed by atoms with Gasteiger partial charge in [-0.05, 0) is 91.3 Å². The number of alkyl halides is 3. The van der Waals surface area contributed by atoms with Crippen molar-refractivity contribution in [3.05, 3.63) is 60.2 Å². The van der Waals surface area contributed by atoms with Gasteiger partial charge in [-0.1, -0.05) is 6.92 Å². The average Bonchev–Trinajstić information content (AvgIpc) is 3.38. The van der Waals surface area contributed by atoms with Gasteiger partial charge in [-0.2, -0.15) is 0 Å². The Morgan fingerprint density at radius 3 is 2.46 bits per heavy atom. The topological polar surface area (TPSA) is 64.1 Å². The maximum Gasteiger partial charge on any atom is 0.573 e. The normalized spacial score (nSPS) is 24.8. The molecule has 9 heteroatoms. The first-order valence-corrected chi connectivity index (χ1v) is 11.7. The van der Waals surface area contributed by atoms with Crippen LogP contribution in [0.15, 0.2) is 48.8 Å². The fourth-order valence-electron chi connectivity index (χ4n) is 5.92. The highest BCUT2D eigenvalue weighted by molar-refractivity contribution is 5.91. The van der Waals surface area contributed by atoms with E-state index in [0.29, 0.717) is 17.8 Å². The number of nitrogens with zero attached hydrogens (tertiary/aromatic N) is 2. The molecule has 2 saturated carbocycles. The molecular formula is C26H25F4N3O2. The Morgan fingerprint density at radius 1 is 1.06 bits per heavy atom. The minimum atomic E-state index is -4.79. The van der Waals surface area contributed by atoms with Crippen molar-refractivity contribution in [3.63, 3.8) is 0 Å². The van der Waals surface area contributed by atoms with Gasteiger partial charge in [0, 0.05) is 17.5 Å². The maximum absolute atomic E-state index is 13.9. The Hall–Kier alpha value is -3.23. The molecule has 184 valence electrons. The van der Waals surface area contributed by atoms with E-state index in [1.807, 2.05) is 13.0 Å². The molecule has 0 aliphatic heterocycles. The lowest BCUT2D eigenvalue weighted by atomic mass is 9.86. The fourth-order valence-corrected chi connectivity index (χ4v) is 5.92. The number of benzene rings is 1. The van der Waals surface area contributed by atoms with Crippen LogP contribution in [-0.4, -0.2) is 22.2 Å². The molecule has 2 fully saturated rings. The highest BCUT2D eigenvalue weighted by Crippen LogP contribution is 2.54. The molecule has 5 nitrogen and oxygen atoms in total. The van der Waals surface area contributed by atoms with E-state index in [0.717, 1.165) is 54.4 Å². The zero-order valence-corrected chi connectivity index (χ0v) is 19.1. The molecule has 1 N–H and O–H groups in total. The van der Waals surface area contributed by atoms with Gasteiger partial charge in [0.15, 0.2) is 0 Å². The highest BCUT2D eigenvalue weighted by Gasteiger charge is 2.44. The molecule has 0 radical (unpaired) electrons. The summed E-state index contributed by atoms with van der Waals surface area (Å²) in [5.74, 6) is 0.638. The Kier molecular flexibility index (Phi) is 6.11. The number of rotatable bonds is 5. The molecule has 2 aliphatic carbocycles. The smallest absolute Gasteiger partial charge is 0.404 e. The van der Waals surface area contributed by atoms with E-state index in [1.54, 1.807) is 18.3 Å². The number of hydrogen-bond donors (Lipinski definition) is 1. The lowest BCUT2D eigenvalue weighted by Gasteiger charge is -2.21. The van der Waals surface area contributed by atoms with Crippen LogP contribution in [0.4, 0.5) is 23.4 Å². The lowest BCUT2D eigenvalue weighted by Crippen LogP contribution is -2.26. The Labute approximate surface area is 199 Å². The zero-order valence-electron chi connectivity index (χ0n) is 19.1. The lowest BCUT2D eigenvalue weighted by molar-refractivity contribution is -0.274. The molecule has 2 aromatic heterocycles. The monoisotopic (exact) mass is 487 g/mol. The number of hydrogen-bond acceptors (Lipinski definition) is 4. The predicted octanol–water partition coefficient (Wildman–Crippen LogP) is 6.46. The van der Waals surface area contributed by atoms with Crippen LogP contribution in [0.25, 0.3) is 10.9 Å². The summed E-state index contributed by atoms with van der Waals surface area (Å²) in [6.45, 7) is 1.89. The number of ether oxygens (including phenoxy) is 1. The molecular weight excluding hydrogens is 462 g/mol. The van der Waals surface area contributed by atoms with Crippen molar-refractivity contribution in [3.8, 4) is 5.75 Å². The third-order valence-corrected chi connectivity index (χ3v) is 7.57. The van der Waals surface area contributed by atoms with E-state index >= 15 is 0 Å². The zero-order chi connectivity index (χ0) is 24.7. The van der Waals surface area contributed by atoms with Gasteiger partial charge in [-0.25, -0.2) is 9.37 Å². The molecule has 0 saturated heterocycles. The van der Waals surface area contributed by atoms with Gasteiger partial charge in [0.25, 0.3) is 0 Å². The third-order valence-electron chi connectivity index (χ3n) is 7.57. The number of nitrogens with one attached hydrogen (secondary N) is 1. The second-order valence-electron chi connectivity index (χ2n) is 9.69. The number of aromatic nitrogens is 2. The van der Waals surface area contributed by atoms with Crippen LogP contribution in [-0.2, 0) is 4.79 Å². The van der Waals surface area contributed by atoms with Crippen molar-refractivity contribution in [1.82, 2.24) is 9.97 Å². The molecule has 3 aromatic rings. The van der Waals surface area contributed by atoms with Gasteiger partial charge in [0.05, 0.1) is 11.7 Å². The number of halogens is 4. The minimum Gasteiger partial charge on any atom is -0.404 e. The summed E-state index contributed by atoms with van der Waals surface area (Å²) < 4.78 is 54.6. The minimum absolute atomic E-state index is 0.187. The number of amides is 1. The summed E-state index contributed by atoms with van der Waals surface area (Å²) in [6.07, 6.45) is 1.83. The average molecular weight is 487 g/mol. The molecule has 5 rings (SSSR count). The summed E-state index contributed by atoms with van der Waals surface area (Å²) in [6, 6.07) is 9.12. The Balaban J connectivity index is 1.19. The second-order valence-corrected chi connectivity index (χ2v) is 9.69. The van der Waals surface area contributed by atoms with Crippen LogP contribution in [0, 0.1) is 29.5 Å². The number of pyridine rings is 2. The van der Waals surface area contributed by atoms with Gasteiger partial charge in [-0.15, -0.1) is 13.2 Å². The van der Waals surface area contributed by atoms with Crippen LogP contribution in [0.1, 0.15) is 44.1 Å². The summed E-state index contributed by atoms with van der Waals surface area (Å²) in [7, 11) is 0. The molecule has 2 heterocycles. The first-order valence-electron chi connectivity index (χ1n) is 11.7. The summed E-state index contributed by atoms with van der Waals surface area (Å²) in [5, 5.41) is 3.58. The molecule has 2 aliphatic rings. The van der Waals surface area contributed by atoms with E-state index in [4.69, 9.17) is 0 Å². The van der Waals surface area contributed by atoms with Gasteiger partial charge in [0.2, 0.25) is 5.91 Å². The van der Waals surface area contributed by atoms with Gasteiger partial charge < -0.3 is 10.1 Å². The van der Waals surface area contributed by atoms with E-state index in [1.165, 1.54) is 12.1 Å². The molecule has 0 spiro atoms. The Bertz CT molecular complexity index is 1220. The molecule has 5 atom stereocenters. The maximum atomic E-state index is 13.9. The van der Waals surface area contributed by atoms with Crippen LogP contribution in [0.3, 0.4) is 0 Å². The number of anilines is 1. The van der Waals surface area contributed by atoms with Gasteiger partial charge >= 0.3 is 6.36 Å². The third kappa shape index (κ3) is 5.09. The van der Waals surface area contributed by atoms with Crippen LogP contribution < -0.4 is 10.1 Å². The summed E-state index contributed by atoms with van der Waals surface area (Å²) in [4.78, 5) is 21.0. The predicted molar refractivity (Wildman–Crippen MR) is 122 cm³/mol. The van der Waals surface area contributed by atoms with E-state index in [9.17, 15) is 22.4 Å². The standard InChI is InChI=1S/C26H25F4N3O2/c1-14(25(34)33-24-5-3-20(13-32-24)35-26(28,29)30)15-8-16-10-18(11-17(16)9-15)21-6-7-31-23-4-2-19(27)12-22(21)23/h2-7,12-18H,8-11H2,1H3,(H,32,33,34)/t14-,15-,16-,17+,18+/m1/s1. The number of fused-ring (bicyclic) bond motifs is 2. The second kappa shape index (κ2) is 9.09. The first-order chi connectivity index (χ1) is 16.7. The van der Waals surface area contributed by atoms with Crippen LogP contribution >= 0.6 is 0 Å². The molecule has 0 unspecified atom stereocenters. The van der Waals surface area contributed by atoms with E-state index in [2.05, 4.69) is 20.0 Å². The van der Waals surface area contributed by atoms with E-state index in [-0.39, 0.29) is 29.4 Å². The SMILES string of the molecule is C[C@@H](C(=O)Nc1ccc(OC(F)(F)F)cn1)[C@H]1C[C@H]2C[C@@H](c3ccnc4ccc(F)cc34)C[C@H]2C1. The van der Waals surface area contributed by atoms with Crippen LogP contribution in [0.2, 0.25) is 0 Å². The quantitative estimate of drug-likeness (QED) is 0.420. The van der Waals surface area contributed by atoms with Crippen molar-refractivity contribution in [2.24, 2.45) is 23.7 Å². The highest BCUT2D eigenvalue weighted by atomic mass is 19.4. The molecule has 1 aromatic carbocycles. The van der Waals surface area contributed by atoms with Crippen molar-refractivity contribution in [1.29, 1.82) is 0 Å². The first kappa shape index (κ1) is 23.5. The summed E-state index contributed by atoms with van der Waals surface area (Å²) >= 11 is 0. The largest absolute Gasteiger partial charge is 0.573 e. The molecule has 1 amide bonds. The number of carbonyl (C=O) groups excluding carboxylic acids is 1. The molecule has 0 bridgehead atoms. The fraction of sp³-hybridized carbons (Fsp3) is 0.423. The van der Waals surface area contributed by atoms with Crippen LogP contribution in [0.5, 0.6) is 5.75 Å². The van der Waals surface area contributed by atoms with Gasteiger partial charge in [0.1, 0.15) is 17.4 Å². The van der Waals surface area contributed by atoms with E-state index < -0.39 is 12.1 Å². The van der Waals surface area contributed by atoms with Gasteiger partial charge in [-0.3, -0.25) is 9.78 Å². The summed E-state index contributed by atoms with van der Waals surface area (Å²) in [5.41, 5.74) is 1.95. The molecule has 35 heavy (non-hydrogen) atoms. The van der Waals surface area contributed by atoms with Crippen molar-refractivity contribution in [2.75, 3.05) is 5.32 Å². The number of carbonyl (C=O) groups is 1. The van der Waals surface area contributed by atoms with Crippen molar-refractivity contribution in [2.45, 2.75) is 44.9 Å². The van der Waals surface area contributed by atoms with Crippen molar-refractivity contribution < 1.29 is 27.1 Å². The van der Waals surface area contributed by atoms with Crippen molar-refractivity contribution >= 4 is 22.6 Å².